The highest BCUT2D eigenvalue weighted by Crippen LogP contribution is 2.29. The summed E-state index contributed by atoms with van der Waals surface area (Å²) in [4.78, 5) is -0.428. The lowest BCUT2D eigenvalue weighted by Gasteiger charge is -2.13. The quantitative estimate of drug-likeness (QED) is 0.793. The summed E-state index contributed by atoms with van der Waals surface area (Å²) < 4.78 is 63.5. The molecule has 0 aliphatic rings. The fourth-order valence-electron chi connectivity index (χ4n) is 1.85. The third kappa shape index (κ3) is 4.01. The number of aryl methyl sites for hydroxylation is 1. The molecule has 9 heteroatoms. The highest BCUT2D eigenvalue weighted by Gasteiger charge is 2.19. The molecule has 23 heavy (non-hydrogen) atoms. The van der Waals surface area contributed by atoms with Gasteiger partial charge in [-0.1, -0.05) is 17.7 Å². The number of benzene rings is 2. The molecule has 7 nitrogen and oxygen atoms in total. The van der Waals surface area contributed by atoms with E-state index in [0.717, 1.165) is 17.7 Å². The van der Waals surface area contributed by atoms with Crippen LogP contribution in [0.4, 0.5) is 5.69 Å². The Hall–Kier alpha value is -2.10. The minimum absolute atomic E-state index is 0.0161. The normalized spacial score (nSPS) is 12.0. The maximum absolute atomic E-state index is 12.4. The van der Waals surface area contributed by atoms with Crippen molar-refractivity contribution in [2.75, 3.05) is 11.8 Å². The molecule has 2 aromatic rings. The largest absolute Gasteiger partial charge is 0.495 e. The minimum Gasteiger partial charge on any atom is -0.495 e. The lowest BCUT2D eigenvalue weighted by Crippen LogP contribution is -2.14. The van der Waals surface area contributed by atoms with E-state index in [9.17, 15) is 16.8 Å². The van der Waals surface area contributed by atoms with E-state index in [-0.39, 0.29) is 16.3 Å². The summed E-state index contributed by atoms with van der Waals surface area (Å²) >= 11 is 0. The molecular formula is C14H15NO6S2. The fraction of sp³-hybridized carbons (Fsp3) is 0.143. The number of methoxy groups -OCH3 is 1. The van der Waals surface area contributed by atoms with Crippen LogP contribution in [0.5, 0.6) is 5.75 Å². The third-order valence-electron chi connectivity index (χ3n) is 3.04. The highest BCUT2D eigenvalue weighted by molar-refractivity contribution is 7.92. The molecule has 2 rings (SSSR count). The van der Waals surface area contributed by atoms with Crippen molar-refractivity contribution in [3.8, 4) is 5.75 Å². The standard InChI is InChI=1S/C14H15NO6S2/c1-10-3-5-11(6-4-10)22(16,17)15-13-9-12(23(18,19)20)7-8-14(13)21-2/h3-9,15H,1-2H3,(H,18,19,20). The molecule has 0 unspecified atom stereocenters. The zero-order valence-corrected chi connectivity index (χ0v) is 14.0. The van der Waals surface area contributed by atoms with Crippen LogP contribution in [0.2, 0.25) is 0 Å². The van der Waals surface area contributed by atoms with Crippen molar-refractivity contribution in [3.05, 3.63) is 48.0 Å². The Morgan fingerprint density at radius 1 is 0.957 bits per heavy atom. The van der Waals surface area contributed by atoms with E-state index >= 15 is 0 Å². The summed E-state index contributed by atoms with van der Waals surface area (Å²) in [7, 11) is -7.09. The first-order chi connectivity index (χ1) is 10.6. The van der Waals surface area contributed by atoms with Crippen molar-refractivity contribution in [1.82, 2.24) is 0 Å². The Balaban J connectivity index is 2.47. The van der Waals surface area contributed by atoms with E-state index in [4.69, 9.17) is 9.29 Å². The molecule has 0 atom stereocenters. The summed E-state index contributed by atoms with van der Waals surface area (Å²) in [6.45, 7) is 1.82. The van der Waals surface area contributed by atoms with Gasteiger partial charge < -0.3 is 4.74 Å². The molecule has 0 amide bonds. The van der Waals surface area contributed by atoms with Crippen LogP contribution in [0.3, 0.4) is 0 Å². The van der Waals surface area contributed by atoms with E-state index in [1.54, 1.807) is 12.1 Å². The van der Waals surface area contributed by atoms with E-state index in [1.807, 2.05) is 6.92 Å². The molecular weight excluding hydrogens is 342 g/mol. The molecule has 2 aromatic carbocycles. The van der Waals surface area contributed by atoms with Crippen LogP contribution in [0.15, 0.2) is 52.3 Å². The predicted octanol–water partition coefficient (Wildman–Crippen LogP) is 2.05. The van der Waals surface area contributed by atoms with Gasteiger partial charge in [0.25, 0.3) is 20.1 Å². The number of anilines is 1. The third-order valence-corrected chi connectivity index (χ3v) is 5.28. The minimum atomic E-state index is -4.47. The van der Waals surface area contributed by atoms with Crippen LogP contribution in [0, 0.1) is 6.92 Å². The maximum atomic E-state index is 12.4. The topological polar surface area (TPSA) is 110 Å². The van der Waals surface area contributed by atoms with Crippen LogP contribution in [-0.4, -0.2) is 28.5 Å². The summed E-state index contributed by atoms with van der Waals surface area (Å²) in [5, 5.41) is 0. The lowest BCUT2D eigenvalue weighted by atomic mass is 10.2. The van der Waals surface area contributed by atoms with Crippen LogP contribution < -0.4 is 9.46 Å². The molecule has 124 valence electrons. The Morgan fingerprint density at radius 2 is 1.52 bits per heavy atom. The lowest BCUT2D eigenvalue weighted by molar-refractivity contribution is 0.416. The first kappa shape index (κ1) is 17.3. The van der Waals surface area contributed by atoms with Gasteiger partial charge in [0.15, 0.2) is 0 Å². The van der Waals surface area contributed by atoms with E-state index in [0.29, 0.717) is 0 Å². The molecule has 0 saturated carbocycles. The highest BCUT2D eigenvalue weighted by atomic mass is 32.2. The zero-order valence-electron chi connectivity index (χ0n) is 12.3. The predicted molar refractivity (Wildman–Crippen MR) is 84.8 cm³/mol. The molecule has 2 N–H and O–H groups in total. The average molecular weight is 357 g/mol. The van der Waals surface area contributed by atoms with E-state index in [2.05, 4.69) is 4.72 Å². The first-order valence-electron chi connectivity index (χ1n) is 6.38. The molecule has 0 bridgehead atoms. The van der Waals surface area contributed by atoms with Gasteiger partial charge in [-0.15, -0.1) is 0 Å². The zero-order chi connectivity index (χ0) is 17.3. The number of hydrogen-bond acceptors (Lipinski definition) is 5. The molecule has 0 fully saturated rings. The maximum Gasteiger partial charge on any atom is 0.294 e. The van der Waals surface area contributed by atoms with Gasteiger partial charge in [0.2, 0.25) is 0 Å². The smallest absolute Gasteiger partial charge is 0.294 e. The van der Waals surface area contributed by atoms with Crippen molar-refractivity contribution >= 4 is 25.8 Å². The number of ether oxygens (including phenoxy) is 1. The molecule has 0 saturated heterocycles. The number of hydrogen-bond donors (Lipinski definition) is 2. The molecule has 0 aliphatic carbocycles. The van der Waals surface area contributed by atoms with Gasteiger partial charge in [-0.25, -0.2) is 8.42 Å². The summed E-state index contributed by atoms with van der Waals surface area (Å²) in [6, 6.07) is 9.47. The van der Waals surface area contributed by atoms with Gasteiger partial charge in [-0.05, 0) is 37.3 Å². The molecule has 0 aliphatic heterocycles. The monoisotopic (exact) mass is 357 g/mol. The van der Waals surface area contributed by atoms with Crippen molar-refractivity contribution in [2.24, 2.45) is 0 Å². The second kappa shape index (κ2) is 6.19. The number of sulfonamides is 1. The first-order valence-corrected chi connectivity index (χ1v) is 9.31. The summed E-state index contributed by atoms with van der Waals surface area (Å²) in [5.41, 5.74) is 0.804. The van der Waals surface area contributed by atoms with Crippen LogP contribution in [-0.2, 0) is 20.1 Å². The van der Waals surface area contributed by atoms with Gasteiger partial charge in [-0.2, -0.15) is 8.42 Å². The molecule has 0 radical (unpaired) electrons. The molecule has 0 aromatic heterocycles. The molecule has 0 spiro atoms. The SMILES string of the molecule is COc1ccc(S(=O)(=O)O)cc1NS(=O)(=O)c1ccc(C)cc1. The van der Waals surface area contributed by atoms with Crippen molar-refractivity contribution < 1.29 is 26.1 Å². The van der Waals surface area contributed by atoms with Gasteiger partial charge in [0.05, 0.1) is 22.6 Å². The van der Waals surface area contributed by atoms with Gasteiger partial charge in [-0.3, -0.25) is 9.27 Å². The number of rotatable bonds is 5. The molecule has 0 heterocycles. The summed E-state index contributed by atoms with van der Waals surface area (Å²) in [5.74, 6) is 0.119. The Kier molecular flexibility index (Phi) is 4.64. The van der Waals surface area contributed by atoms with Gasteiger partial charge in [0.1, 0.15) is 5.75 Å². The second-order valence-electron chi connectivity index (χ2n) is 4.76. The van der Waals surface area contributed by atoms with Crippen LogP contribution in [0.25, 0.3) is 0 Å². The Bertz CT molecular complexity index is 918. The van der Waals surface area contributed by atoms with E-state index < -0.39 is 25.0 Å². The van der Waals surface area contributed by atoms with E-state index in [1.165, 1.54) is 25.3 Å². The summed E-state index contributed by atoms with van der Waals surface area (Å²) in [6.07, 6.45) is 0. The Morgan fingerprint density at radius 3 is 2.04 bits per heavy atom. The van der Waals surface area contributed by atoms with Crippen molar-refractivity contribution in [3.63, 3.8) is 0 Å². The number of nitrogens with one attached hydrogen (secondary N) is 1. The van der Waals surface area contributed by atoms with Crippen LogP contribution in [0.1, 0.15) is 5.56 Å². The van der Waals surface area contributed by atoms with Crippen LogP contribution >= 0.6 is 0 Å². The van der Waals surface area contributed by atoms with Crippen molar-refractivity contribution in [1.29, 1.82) is 0 Å². The average Bonchev–Trinajstić information content (AvgIpc) is 2.46. The second-order valence-corrected chi connectivity index (χ2v) is 7.86. The fourth-order valence-corrected chi connectivity index (χ4v) is 3.42. The van der Waals surface area contributed by atoms with Gasteiger partial charge in [0, 0.05) is 0 Å². The van der Waals surface area contributed by atoms with Crippen molar-refractivity contribution in [2.45, 2.75) is 16.7 Å². The van der Waals surface area contributed by atoms with Gasteiger partial charge >= 0.3 is 0 Å². The Labute approximate surface area is 134 Å².